The van der Waals surface area contributed by atoms with Crippen LogP contribution in [0.15, 0.2) is 42.5 Å². The molecule has 1 heterocycles. The van der Waals surface area contributed by atoms with Gasteiger partial charge in [0, 0.05) is 29.9 Å². The molecule has 0 radical (unpaired) electrons. The lowest BCUT2D eigenvalue weighted by Gasteiger charge is -2.13. The molecule has 0 saturated heterocycles. The van der Waals surface area contributed by atoms with E-state index >= 15 is 0 Å². The third kappa shape index (κ3) is 2.00. The highest BCUT2D eigenvalue weighted by molar-refractivity contribution is 6.31. The van der Waals surface area contributed by atoms with Crippen molar-refractivity contribution < 1.29 is 4.79 Å². The average Bonchev–Trinajstić information content (AvgIpc) is 2.45. The van der Waals surface area contributed by atoms with E-state index in [4.69, 9.17) is 11.6 Å². The largest absolute Gasteiger partial charge is 0.343 e. The van der Waals surface area contributed by atoms with Gasteiger partial charge in [-0.25, -0.2) is 4.98 Å². The lowest BCUT2D eigenvalue weighted by Crippen LogP contribution is -2.23. The molecule has 0 N–H and O–H groups in total. The van der Waals surface area contributed by atoms with Gasteiger partial charge in [0.2, 0.25) is 0 Å². The minimum absolute atomic E-state index is 0.0990. The van der Waals surface area contributed by atoms with Crippen molar-refractivity contribution >= 4 is 39.2 Å². The van der Waals surface area contributed by atoms with Crippen LogP contribution in [0.4, 0.5) is 0 Å². The zero-order chi connectivity index (χ0) is 14.3. The molecule has 0 aliphatic heterocycles. The molecule has 2 aromatic carbocycles. The number of aromatic nitrogens is 1. The van der Waals surface area contributed by atoms with Crippen LogP contribution < -0.4 is 0 Å². The quantitative estimate of drug-likeness (QED) is 0.638. The highest BCUT2D eigenvalue weighted by Crippen LogP contribution is 2.28. The topological polar surface area (TPSA) is 33.2 Å². The highest BCUT2D eigenvalue weighted by Gasteiger charge is 2.16. The first-order valence-electron chi connectivity index (χ1n) is 6.27. The van der Waals surface area contributed by atoms with Crippen molar-refractivity contribution in [2.45, 2.75) is 0 Å². The fourth-order valence-corrected chi connectivity index (χ4v) is 2.47. The molecular formula is C16H13ClN2O. The molecule has 0 spiro atoms. The number of nitrogens with zero attached hydrogens (tertiary/aromatic N) is 2. The summed E-state index contributed by atoms with van der Waals surface area (Å²) in [5, 5.41) is 3.46. The van der Waals surface area contributed by atoms with E-state index in [0.29, 0.717) is 10.7 Å². The number of hydrogen-bond acceptors (Lipinski definition) is 2. The summed E-state index contributed by atoms with van der Waals surface area (Å²) in [6.45, 7) is 0. The Bertz CT molecular complexity index is 827. The lowest BCUT2D eigenvalue weighted by atomic mass is 10.0. The average molecular weight is 285 g/mol. The standard InChI is InChI=1S/C16H13ClN2O/c1-19(2)16(20)15-12-6-4-3-5-11(12)13-9-10(17)7-8-14(13)18-15/h3-9H,1-2H3. The van der Waals surface area contributed by atoms with Gasteiger partial charge in [-0.3, -0.25) is 4.79 Å². The molecule has 0 bridgehead atoms. The Hall–Kier alpha value is -2.13. The number of hydrogen-bond donors (Lipinski definition) is 0. The van der Waals surface area contributed by atoms with E-state index in [1.165, 1.54) is 4.90 Å². The second-order valence-corrected chi connectivity index (χ2v) is 5.30. The number of pyridine rings is 1. The van der Waals surface area contributed by atoms with Gasteiger partial charge < -0.3 is 4.90 Å². The summed E-state index contributed by atoms with van der Waals surface area (Å²) >= 11 is 6.07. The first-order chi connectivity index (χ1) is 9.58. The SMILES string of the molecule is CN(C)C(=O)c1nc2ccc(Cl)cc2c2ccccc12. The van der Waals surface area contributed by atoms with Gasteiger partial charge >= 0.3 is 0 Å². The number of carbonyl (C=O) groups is 1. The Morgan fingerprint density at radius 3 is 2.45 bits per heavy atom. The molecule has 100 valence electrons. The summed E-state index contributed by atoms with van der Waals surface area (Å²) in [7, 11) is 3.45. The van der Waals surface area contributed by atoms with Gasteiger partial charge in [-0.05, 0) is 23.6 Å². The Morgan fingerprint density at radius 1 is 1.05 bits per heavy atom. The van der Waals surface area contributed by atoms with Crippen LogP contribution in [-0.2, 0) is 0 Å². The van der Waals surface area contributed by atoms with Crippen LogP contribution in [0, 0.1) is 0 Å². The van der Waals surface area contributed by atoms with Crippen molar-refractivity contribution in [3.05, 3.63) is 53.2 Å². The summed E-state index contributed by atoms with van der Waals surface area (Å²) in [5.41, 5.74) is 1.25. The molecule has 0 fully saturated rings. The molecule has 3 aromatic rings. The third-order valence-electron chi connectivity index (χ3n) is 3.27. The summed E-state index contributed by atoms with van der Waals surface area (Å²) in [6, 6.07) is 13.3. The van der Waals surface area contributed by atoms with Crippen molar-refractivity contribution in [3.8, 4) is 0 Å². The van der Waals surface area contributed by atoms with Crippen LogP contribution in [0.3, 0.4) is 0 Å². The number of amides is 1. The van der Waals surface area contributed by atoms with Gasteiger partial charge in [0.1, 0.15) is 5.69 Å². The molecule has 0 saturated carbocycles. The van der Waals surface area contributed by atoms with E-state index in [1.807, 2.05) is 36.4 Å². The second kappa shape index (κ2) is 4.76. The van der Waals surface area contributed by atoms with E-state index in [2.05, 4.69) is 4.98 Å². The van der Waals surface area contributed by atoms with Crippen molar-refractivity contribution in [2.24, 2.45) is 0 Å². The van der Waals surface area contributed by atoms with Gasteiger partial charge in [0.15, 0.2) is 0 Å². The van der Waals surface area contributed by atoms with Crippen LogP contribution in [0.25, 0.3) is 21.7 Å². The zero-order valence-electron chi connectivity index (χ0n) is 11.2. The monoisotopic (exact) mass is 284 g/mol. The Balaban J connectivity index is 2.46. The number of benzene rings is 2. The molecule has 0 aliphatic rings. The first-order valence-corrected chi connectivity index (χ1v) is 6.65. The highest BCUT2D eigenvalue weighted by atomic mass is 35.5. The van der Waals surface area contributed by atoms with E-state index in [0.717, 1.165) is 21.7 Å². The molecule has 20 heavy (non-hydrogen) atoms. The number of fused-ring (bicyclic) bond motifs is 3. The summed E-state index contributed by atoms with van der Waals surface area (Å²) in [6.07, 6.45) is 0. The van der Waals surface area contributed by atoms with Crippen LogP contribution in [0.2, 0.25) is 5.02 Å². The van der Waals surface area contributed by atoms with Gasteiger partial charge in [0.05, 0.1) is 5.52 Å². The maximum Gasteiger partial charge on any atom is 0.272 e. The Morgan fingerprint density at radius 2 is 1.75 bits per heavy atom. The molecule has 3 nitrogen and oxygen atoms in total. The number of carbonyl (C=O) groups excluding carboxylic acids is 1. The van der Waals surface area contributed by atoms with Crippen molar-refractivity contribution in [2.75, 3.05) is 14.1 Å². The van der Waals surface area contributed by atoms with Crippen LogP contribution in [0.1, 0.15) is 10.5 Å². The summed E-state index contributed by atoms with van der Waals surface area (Å²) in [5.74, 6) is -0.0990. The van der Waals surface area contributed by atoms with E-state index in [9.17, 15) is 4.79 Å². The molecule has 0 aliphatic carbocycles. The van der Waals surface area contributed by atoms with Gasteiger partial charge in [-0.2, -0.15) is 0 Å². The van der Waals surface area contributed by atoms with Crippen LogP contribution >= 0.6 is 11.6 Å². The van der Waals surface area contributed by atoms with Crippen molar-refractivity contribution in [1.29, 1.82) is 0 Å². The normalized spacial score (nSPS) is 10.9. The van der Waals surface area contributed by atoms with Gasteiger partial charge in [-0.15, -0.1) is 0 Å². The van der Waals surface area contributed by atoms with E-state index in [-0.39, 0.29) is 5.91 Å². The fourth-order valence-electron chi connectivity index (χ4n) is 2.30. The molecule has 1 amide bonds. The first kappa shape index (κ1) is 12.9. The number of halogens is 1. The van der Waals surface area contributed by atoms with Crippen molar-refractivity contribution in [3.63, 3.8) is 0 Å². The molecule has 0 atom stereocenters. The Kier molecular flexibility index (Phi) is 3.07. The maximum atomic E-state index is 12.3. The fraction of sp³-hybridized carbons (Fsp3) is 0.125. The van der Waals surface area contributed by atoms with Crippen LogP contribution in [-0.4, -0.2) is 29.9 Å². The summed E-state index contributed by atoms with van der Waals surface area (Å²) < 4.78 is 0. The summed E-state index contributed by atoms with van der Waals surface area (Å²) in [4.78, 5) is 18.4. The molecule has 0 unspecified atom stereocenters. The maximum absolute atomic E-state index is 12.3. The van der Waals surface area contributed by atoms with Gasteiger partial charge in [0.25, 0.3) is 5.91 Å². The van der Waals surface area contributed by atoms with Crippen LogP contribution in [0.5, 0.6) is 0 Å². The third-order valence-corrected chi connectivity index (χ3v) is 3.51. The van der Waals surface area contributed by atoms with Crippen molar-refractivity contribution in [1.82, 2.24) is 9.88 Å². The Labute approximate surface area is 121 Å². The molecular weight excluding hydrogens is 272 g/mol. The minimum Gasteiger partial charge on any atom is -0.343 e. The van der Waals surface area contributed by atoms with Gasteiger partial charge in [-0.1, -0.05) is 35.9 Å². The van der Waals surface area contributed by atoms with E-state index in [1.54, 1.807) is 20.2 Å². The smallest absolute Gasteiger partial charge is 0.272 e. The molecule has 4 heteroatoms. The second-order valence-electron chi connectivity index (χ2n) is 4.87. The van der Waals surface area contributed by atoms with E-state index < -0.39 is 0 Å². The number of rotatable bonds is 1. The molecule has 1 aromatic heterocycles. The minimum atomic E-state index is -0.0990. The molecule has 3 rings (SSSR count). The lowest BCUT2D eigenvalue weighted by molar-refractivity contribution is 0.0824. The predicted molar refractivity (Wildman–Crippen MR) is 82.3 cm³/mol. The predicted octanol–water partition coefficient (Wildman–Crippen LogP) is 3.74. The zero-order valence-corrected chi connectivity index (χ0v) is 12.0.